The van der Waals surface area contributed by atoms with Gasteiger partial charge in [0.15, 0.2) is 0 Å². The van der Waals surface area contributed by atoms with E-state index in [1.807, 2.05) is 19.9 Å². The molecule has 19 heavy (non-hydrogen) atoms. The number of hydrogen-bond acceptors (Lipinski definition) is 3. The summed E-state index contributed by atoms with van der Waals surface area (Å²) in [5, 5.41) is 0. The number of sulfonamides is 1. The van der Waals surface area contributed by atoms with E-state index in [1.54, 1.807) is 6.92 Å². The second-order valence-electron chi connectivity index (χ2n) is 6.01. The van der Waals surface area contributed by atoms with Crippen LogP contribution in [0.5, 0.6) is 0 Å². The molecular weight excluding hydrogens is 260 g/mol. The Kier molecular flexibility index (Phi) is 3.39. The van der Waals surface area contributed by atoms with Crippen LogP contribution >= 0.6 is 0 Å². The molecule has 0 saturated heterocycles. The minimum absolute atomic E-state index is 0.144. The van der Waals surface area contributed by atoms with Crippen LogP contribution in [0.4, 0.5) is 5.69 Å². The van der Waals surface area contributed by atoms with Crippen LogP contribution < -0.4 is 10.5 Å². The number of anilines is 1. The number of nitrogens with one attached hydrogen (secondary N) is 1. The molecule has 1 aliphatic carbocycles. The smallest absolute Gasteiger partial charge is 0.241 e. The van der Waals surface area contributed by atoms with Crippen LogP contribution in [0.15, 0.2) is 11.0 Å². The number of aryl methyl sites for hydroxylation is 2. The molecular formula is C14H22N2O2S. The number of rotatable bonds is 4. The minimum atomic E-state index is -3.48. The first-order valence-corrected chi connectivity index (χ1v) is 8.00. The lowest BCUT2D eigenvalue weighted by molar-refractivity contribution is 0.530. The van der Waals surface area contributed by atoms with Crippen molar-refractivity contribution in [2.24, 2.45) is 5.41 Å². The van der Waals surface area contributed by atoms with Crippen molar-refractivity contribution in [1.29, 1.82) is 0 Å². The quantitative estimate of drug-likeness (QED) is 0.832. The molecule has 1 aliphatic rings. The van der Waals surface area contributed by atoms with Crippen molar-refractivity contribution < 1.29 is 8.42 Å². The molecule has 1 fully saturated rings. The van der Waals surface area contributed by atoms with E-state index >= 15 is 0 Å². The third kappa shape index (κ3) is 2.77. The highest BCUT2D eigenvalue weighted by molar-refractivity contribution is 7.89. The molecule has 0 bridgehead atoms. The van der Waals surface area contributed by atoms with Crippen molar-refractivity contribution in [1.82, 2.24) is 4.72 Å². The van der Waals surface area contributed by atoms with Crippen molar-refractivity contribution >= 4 is 15.7 Å². The average Bonchev–Trinajstić information content (AvgIpc) is 3.02. The summed E-state index contributed by atoms with van der Waals surface area (Å²) in [6.07, 6.45) is 2.17. The van der Waals surface area contributed by atoms with E-state index in [4.69, 9.17) is 5.73 Å². The Labute approximate surface area is 115 Å². The van der Waals surface area contributed by atoms with Gasteiger partial charge in [-0.2, -0.15) is 0 Å². The number of hydrogen-bond donors (Lipinski definition) is 2. The zero-order chi connectivity index (χ0) is 14.4. The van der Waals surface area contributed by atoms with E-state index in [0.29, 0.717) is 22.7 Å². The fraction of sp³-hybridized carbons (Fsp3) is 0.571. The molecule has 0 heterocycles. The molecule has 0 amide bonds. The van der Waals surface area contributed by atoms with E-state index in [0.717, 1.165) is 24.0 Å². The average molecular weight is 282 g/mol. The molecule has 1 aromatic rings. The molecule has 0 aliphatic heterocycles. The minimum Gasteiger partial charge on any atom is -0.398 e. The lowest BCUT2D eigenvalue weighted by Crippen LogP contribution is -2.30. The lowest BCUT2D eigenvalue weighted by Gasteiger charge is -2.17. The van der Waals surface area contributed by atoms with Gasteiger partial charge in [-0.05, 0) is 55.7 Å². The Morgan fingerprint density at radius 2 is 1.84 bits per heavy atom. The zero-order valence-corrected chi connectivity index (χ0v) is 12.8. The van der Waals surface area contributed by atoms with Crippen LogP contribution in [-0.2, 0) is 10.0 Å². The Morgan fingerprint density at radius 1 is 1.26 bits per heavy atom. The Balaban J connectivity index is 2.37. The molecule has 0 radical (unpaired) electrons. The SMILES string of the molecule is Cc1cc(C)c(S(=O)(=O)NCC2(C)CC2)c(C)c1N. The zero-order valence-electron chi connectivity index (χ0n) is 12.0. The topological polar surface area (TPSA) is 72.2 Å². The maximum atomic E-state index is 12.4. The van der Waals surface area contributed by atoms with Gasteiger partial charge in [-0.3, -0.25) is 0 Å². The van der Waals surface area contributed by atoms with Crippen molar-refractivity contribution in [3.63, 3.8) is 0 Å². The van der Waals surface area contributed by atoms with E-state index < -0.39 is 10.0 Å². The highest BCUT2D eigenvalue weighted by Crippen LogP contribution is 2.44. The normalized spacial score (nSPS) is 17.5. The van der Waals surface area contributed by atoms with Crippen molar-refractivity contribution in [2.45, 2.75) is 45.4 Å². The molecule has 106 valence electrons. The molecule has 5 heteroatoms. The summed E-state index contributed by atoms with van der Waals surface area (Å²) in [6.45, 7) is 8.07. The van der Waals surface area contributed by atoms with Gasteiger partial charge < -0.3 is 5.73 Å². The third-order valence-electron chi connectivity index (χ3n) is 4.02. The first kappa shape index (κ1) is 14.3. The maximum absolute atomic E-state index is 12.4. The summed E-state index contributed by atoms with van der Waals surface area (Å²) >= 11 is 0. The molecule has 1 aromatic carbocycles. The number of nitrogen functional groups attached to an aromatic ring is 1. The molecule has 3 N–H and O–H groups in total. The summed E-state index contributed by atoms with van der Waals surface area (Å²) in [4.78, 5) is 0.333. The fourth-order valence-corrected chi connectivity index (χ4v) is 4.01. The molecule has 4 nitrogen and oxygen atoms in total. The van der Waals surface area contributed by atoms with Gasteiger partial charge in [-0.1, -0.05) is 13.0 Å². The molecule has 1 saturated carbocycles. The van der Waals surface area contributed by atoms with Crippen LogP contribution in [0, 0.1) is 26.2 Å². The van der Waals surface area contributed by atoms with Crippen LogP contribution in [0.25, 0.3) is 0 Å². The summed E-state index contributed by atoms with van der Waals surface area (Å²) in [7, 11) is -3.48. The number of benzene rings is 1. The molecule has 2 rings (SSSR count). The monoisotopic (exact) mass is 282 g/mol. The van der Waals surface area contributed by atoms with E-state index in [9.17, 15) is 8.42 Å². The van der Waals surface area contributed by atoms with Gasteiger partial charge in [0.25, 0.3) is 0 Å². The standard InChI is InChI=1S/C14H22N2O2S/c1-9-7-10(2)13(11(3)12(9)15)19(17,18)16-8-14(4)5-6-14/h7,16H,5-6,8,15H2,1-4H3. The Bertz CT molecular complexity index is 617. The van der Waals surface area contributed by atoms with E-state index in [1.165, 1.54) is 0 Å². The number of nitrogens with two attached hydrogens (primary N) is 1. The van der Waals surface area contributed by atoms with Crippen molar-refractivity contribution in [3.8, 4) is 0 Å². The van der Waals surface area contributed by atoms with Crippen LogP contribution in [0.3, 0.4) is 0 Å². The van der Waals surface area contributed by atoms with Crippen molar-refractivity contribution in [3.05, 3.63) is 22.8 Å². The third-order valence-corrected chi connectivity index (χ3v) is 5.71. The van der Waals surface area contributed by atoms with Gasteiger partial charge >= 0.3 is 0 Å². The van der Waals surface area contributed by atoms with E-state index in [-0.39, 0.29) is 5.41 Å². The molecule has 0 aromatic heterocycles. The fourth-order valence-electron chi connectivity index (χ4n) is 2.33. The highest BCUT2D eigenvalue weighted by atomic mass is 32.2. The predicted molar refractivity (Wildman–Crippen MR) is 77.6 cm³/mol. The maximum Gasteiger partial charge on any atom is 0.241 e. The first-order chi connectivity index (χ1) is 8.66. The van der Waals surface area contributed by atoms with Gasteiger partial charge in [0.1, 0.15) is 0 Å². The molecule has 0 unspecified atom stereocenters. The molecule has 0 atom stereocenters. The van der Waals surface area contributed by atoms with Gasteiger partial charge in [-0.15, -0.1) is 0 Å². The first-order valence-electron chi connectivity index (χ1n) is 6.52. The van der Waals surface area contributed by atoms with Gasteiger partial charge in [0, 0.05) is 12.2 Å². The summed E-state index contributed by atoms with van der Waals surface area (Å²) in [5.41, 5.74) is 8.96. The second-order valence-corrected chi connectivity index (χ2v) is 7.72. The Hall–Kier alpha value is -1.07. The summed E-state index contributed by atoms with van der Waals surface area (Å²) in [5.74, 6) is 0. The second kappa shape index (κ2) is 4.49. The van der Waals surface area contributed by atoms with Crippen LogP contribution in [0.1, 0.15) is 36.5 Å². The lowest BCUT2D eigenvalue weighted by atomic mass is 10.1. The Morgan fingerprint density at radius 3 is 2.37 bits per heavy atom. The van der Waals surface area contributed by atoms with Crippen LogP contribution in [0.2, 0.25) is 0 Å². The largest absolute Gasteiger partial charge is 0.398 e. The van der Waals surface area contributed by atoms with Crippen LogP contribution in [-0.4, -0.2) is 15.0 Å². The van der Waals surface area contributed by atoms with Gasteiger partial charge in [0.2, 0.25) is 10.0 Å². The summed E-state index contributed by atoms with van der Waals surface area (Å²) in [6, 6.07) is 1.83. The highest BCUT2D eigenvalue weighted by Gasteiger charge is 2.38. The predicted octanol–water partition coefficient (Wildman–Crippen LogP) is 2.27. The molecule has 0 spiro atoms. The van der Waals surface area contributed by atoms with E-state index in [2.05, 4.69) is 11.6 Å². The van der Waals surface area contributed by atoms with Gasteiger partial charge in [-0.25, -0.2) is 13.1 Å². The summed E-state index contributed by atoms with van der Waals surface area (Å²) < 4.78 is 27.6. The van der Waals surface area contributed by atoms with Crippen molar-refractivity contribution in [2.75, 3.05) is 12.3 Å². The van der Waals surface area contributed by atoms with Gasteiger partial charge in [0.05, 0.1) is 4.90 Å².